The normalized spacial score (nSPS) is 14.6. The number of phenols is 1. The number of nitrogens with one attached hydrogen (secondary N) is 12. The Balaban J connectivity index is 3.39. The molecule has 0 aliphatic heterocycles. The molecular formula is C60H95N17O23. The van der Waals surface area contributed by atoms with E-state index in [0.717, 1.165) is 13.8 Å². The number of rotatable bonds is 46. The van der Waals surface area contributed by atoms with Gasteiger partial charge in [-0.05, 0) is 81.4 Å². The largest absolute Gasteiger partial charge is 0.508 e. The Kier molecular flexibility index (Phi) is 37.9. The summed E-state index contributed by atoms with van der Waals surface area (Å²) in [5, 5.41) is 84.9. The monoisotopic (exact) mass is 1420 g/mol. The molecule has 1 aromatic rings. The highest BCUT2D eigenvalue weighted by Crippen LogP contribution is 2.15. The van der Waals surface area contributed by atoms with Gasteiger partial charge < -0.3 is 117 Å². The average molecular weight is 1420 g/mol. The minimum Gasteiger partial charge on any atom is -0.508 e. The van der Waals surface area contributed by atoms with Crippen LogP contribution in [0.25, 0.3) is 0 Å². The number of aliphatic imine (C=N–C) groups is 1. The third kappa shape index (κ3) is 34.4. The molecule has 12 atom stereocenters. The van der Waals surface area contributed by atoms with Gasteiger partial charge in [0, 0.05) is 19.4 Å². The number of aliphatic hydroxyl groups excluding tert-OH is 1. The van der Waals surface area contributed by atoms with Gasteiger partial charge in [0.05, 0.1) is 44.5 Å². The number of carbonyl (C=O) groups is 17. The van der Waals surface area contributed by atoms with Crippen LogP contribution in [0.15, 0.2) is 29.3 Å². The van der Waals surface area contributed by atoms with E-state index in [-0.39, 0.29) is 62.2 Å². The number of benzene rings is 1. The number of carboxylic acid groups (broad SMARTS) is 4. The fourth-order valence-corrected chi connectivity index (χ4v) is 9.13. The number of amides is 13. The number of guanidine groups is 1. The topological polar surface area (TPSA) is 672 Å². The van der Waals surface area contributed by atoms with Crippen molar-refractivity contribution in [3.8, 4) is 5.75 Å². The summed E-state index contributed by atoms with van der Waals surface area (Å²) in [6.07, 6.45) is -6.33. The van der Waals surface area contributed by atoms with Crippen LogP contribution < -0.4 is 86.7 Å². The van der Waals surface area contributed by atoms with Crippen molar-refractivity contribution in [3.05, 3.63) is 29.8 Å². The first-order valence-electron chi connectivity index (χ1n) is 31.5. The summed E-state index contributed by atoms with van der Waals surface area (Å²) in [6, 6.07) is -12.7. The molecule has 0 aliphatic carbocycles. The average Bonchev–Trinajstić information content (AvgIpc) is 0.857. The maximum atomic E-state index is 14.2. The van der Waals surface area contributed by atoms with Crippen molar-refractivity contribution in [1.82, 2.24) is 63.8 Å². The molecule has 100 heavy (non-hydrogen) atoms. The lowest BCUT2D eigenvalue weighted by Gasteiger charge is -2.29. The summed E-state index contributed by atoms with van der Waals surface area (Å²) in [7, 11) is 0. The number of hydrogen-bond donors (Lipinski definition) is 22. The number of aliphatic carboxylic acids is 4. The molecule has 0 saturated carbocycles. The van der Waals surface area contributed by atoms with Gasteiger partial charge in [-0.15, -0.1) is 0 Å². The second-order valence-corrected chi connectivity index (χ2v) is 24.5. The molecule has 26 N–H and O–H groups in total. The molecule has 0 heterocycles. The molecule has 13 amide bonds. The van der Waals surface area contributed by atoms with Crippen LogP contribution >= 0.6 is 0 Å². The third-order valence-electron chi connectivity index (χ3n) is 14.3. The zero-order valence-electron chi connectivity index (χ0n) is 56.5. The summed E-state index contributed by atoms with van der Waals surface area (Å²) in [4.78, 5) is 224. The van der Waals surface area contributed by atoms with Gasteiger partial charge in [0.2, 0.25) is 76.8 Å². The third-order valence-corrected chi connectivity index (χ3v) is 14.3. The highest BCUT2D eigenvalue weighted by molar-refractivity contribution is 6.00. The summed E-state index contributed by atoms with van der Waals surface area (Å²) in [6.45, 7) is 10.1. The fraction of sp³-hybridized carbons (Fsp3) is 0.600. The second-order valence-electron chi connectivity index (χ2n) is 24.5. The lowest BCUT2D eigenvalue weighted by Crippen LogP contribution is -2.62. The molecule has 0 aliphatic rings. The first-order valence-corrected chi connectivity index (χ1v) is 31.5. The molecule has 0 spiro atoms. The van der Waals surface area contributed by atoms with Crippen molar-refractivity contribution in [2.45, 2.75) is 192 Å². The van der Waals surface area contributed by atoms with E-state index in [1.807, 2.05) is 5.32 Å². The summed E-state index contributed by atoms with van der Waals surface area (Å²) in [5.74, 6) is -21.9. The number of hydrogen-bond acceptors (Lipinski definition) is 21. The summed E-state index contributed by atoms with van der Waals surface area (Å²) < 4.78 is 0. The predicted octanol–water partition coefficient (Wildman–Crippen LogP) is -7.68. The Hall–Kier alpha value is -10.8. The SMILES string of the molecule is CC(C)C[C@H](NC(=O)CNC(=O)[C@H](Cc1ccc(O)cc1)NC(=O)[C@H](CCC(=O)O)NC(=O)[C@@H](N)CC(=O)O)C(=O)NCC(=O)N[C@@H](CCCN=C(N)N)C(=O)N[C@@H](CC(C)C)C(=O)N[C@H](C(=O)N[C@@H](CC(N)=O)C(=O)N[C@H](C(=O)N[C@@H](C)C(=O)N[C@@H](CC(=O)O)C(=O)O)[C@@H](C)O)C(C)C. The zero-order chi connectivity index (χ0) is 76.4. The van der Waals surface area contributed by atoms with Crippen LogP contribution in [-0.4, -0.2) is 229 Å². The Morgan fingerprint density at radius 3 is 1.37 bits per heavy atom. The molecule has 0 saturated heterocycles. The van der Waals surface area contributed by atoms with Crippen LogP contribution in [0.2, 0.25) is 0 Å². The van der Waals surface area contributed by atoms with E-state index < -0.39 is 224 Å². The van der Waals surface area contributed by atoms with E-state index >= 15 is 0 Å². The molecule has 1 rings (SSSR count). The number of aromatic hydroxyl groups is 1. The zero-order valence-corrected chi connectivity index (χ0v) is 56.5. The minimum atomic E-state index is -1.92. The molecule has 40 nitrogen and oxygen atoms in total. The van der Waals surface area contributed by atoms with Crippen LogP contribution in [0, 0.1) is 17.8 Å². The van der Waals surface area contributed by atoms with Crippen molar-refractivity contribution in [1.29, 1.82) is 0 Å². The fourth-order valence-electron chi connectivity index (χ4n) is 9.13. The smallest absolute Gasteiger partial charge is 0.326 e. The van der Waals surface area contributed by atoms with Crippen LogP contribution in [0.5, 0.6) is 5.75 Å². The van der Waals surface area contributed by atoms with Gasteiger partial charge >= 0.3 is 23.9 Å². The number of carboxylic acids is 4. The highest BCUT2D eigenvalue weighted by Gasteiger charge is 2.38. The van der Waals surface area contributed by atoms with Crippen molar-refractivity contribution in [2.75, 3.05) is 19.6 Å². The van der Waals surface area contributed by atoms with Gasteiger partial charge in [-0.2, -0.15) is 0 Å². The number of nitrogens with two attached hydrogens (primary N) is 4. The standard InChI is InChI=1S/C60H95N17O23/c1-26(2)18-36(70-43(82)25-67-52(92)38(20-31-11-13-32(79)14-12-31)73-54(94)35(15-16-44(83)84)71-50(90)33(61)21-45(85)86)51(91)66-24-42(81)69-34(10-9-17-65-60(63)64)53(93)72-37(19-27(3)4)55(95)76-47(28(5)6)57(97)74-39(22-41(62)80)56(96)77-48(30(8)78)58(98)68-29(7)49(89)75-40(59(99)100)23-46(87)88/h11-14,26-30,33-40,47-48,78-79H,9-10,15-25,61H2,1-8H3,(H2,62,80)(H,66,91)(H,67,92)(H,68,98)(H,69,81)(H,70,82)(H,71,90)(H,72,93)(H,73,94)(H,74,97)(H,75,89)(H,76,95)(H,77,96)(H,83,84)(H,85,86)(H,87,88)(H,99,100)(H4,63,64,65)/t29-,30+,33-,34-,35-,36-,37-,38-,39-,40-,47-,48-/m0/s1. The Labute approximate surface area is 574 Å². The molecule has 0 radical (unpaired) electrons. The molecule has 558 valence electrons. The van der Waals surface area contributed by atoms with Gasteiger partial charge in [-0.25, -0.2) is 4.79 Å². The van der Waals surface area contributed by atoms with E-state index in [4.69, 9.17) is 33.1 Å². The van der Waals surface area contributed by atoms with E-state index in [1.54, 1.807) is 27.7 Å². The van der Waals surface area contributed by atoms with Crippen molar-refractivity contribution < 1.29 is 112 Å². The first kappa shape index (κ1) is 87.2. The van der Waals surface area contributed by atoms with Crippen LogP contribution in [-0.2, 0) is 87.9 Å². The lowest BCUT2D eigenvalue weighted by molar-refractivity contribution is -0.147. The maximum absolute atomic E-state index is 14.2. The quantitative estimate of drug-likeness (QED) is 0.0164. The lowest BCUT2D eigenvalue weighted by atomic mass is 9.99. The number of nitrogens with zero attached hydrogens (tertiary/aromatic N) is 1. The van der Waals surface area contributed by atoms with Gasteiger partial charge in [0.15, 0.2) is 5.96 Å². The van der Waals surface area contributed by atoms with Crippen molar-refractivity contribution in [3.63, 3.8) is 0 Å². The van der Waals surface area contributed by atoms with Crippen LogP contribution in [0.3, 0.4) is 0 Å². The molecular weight excluding hydrogens is 1330 g/mol. The molecule has 0 aromatic heterocycles. The Morgan fingerprint density at radius 1 is 0.450 bits per heavy atom. The Bertz CT molecular complexity index is 3110. The molecule has 0 unspecified atom stereocenters. The molecule has 1 aromatic carbocycles. The van der Waals surface area contributed by atoms with Gasteiger partial charge in [-0.1, -0.05) is 53.7 Å². The highest BCUT2D eigenvalue weighted by atomic mass is 16.4. The molecule has 40 heteroatoms. The number of aliphatic hydroxyl groups is 1. The van der Waals surface area contributed by atoms with Crippen LogP contribution in [0.1, 0.15) is 119 Å². The summed E-state index contributed by atoms with van der Waals surface area (Å²) >= 11 is 0. The Morgan fingerprint density at radius 2 is 0.890 bits per heavy atom. The van der Waals surface area contributed by atoms with Gasteiger partial charge in [-0.3, -0.25) is 81.7 Å². The molecule has 0 fully saturated rings. The minimum absolute atomic E-state index is 0.0416. The van der Waals surface area contributed by atoms with Crippen LogP contribution in [0.4, 0.5) is 0 Å². The predicted molar refractivity (Wildman–Crippen MR) is 349 cm³/mol. The molecule has 0 bridgehead atoms. The van der Waals surface area contributed by atoms with Crippen molar-refractivity contribution in [2.24, 2.45) is 45.7 Å². The second kappa shape index (κ2) is 43.5. The maximum Gasteiger partial charge on any atom is 0.326 e. The number of primary amides is 1. The van der Waals surface area contributed by atoms with E-state index in [0.29, 0.717) is 5.56 Å². The van der Waals surface area contributed by atoms with E-state index in [2.05, 4.69) is 63.5 Å². The van der Waals surface area contributed by atoms with E-state index in [1.165, 1.54) is 38.1 Å². The van der Waals surface area contributed by atoms with E-state index in [9.17, 15) is 102 Å². The van der Waals surface area contributed by atoms with Gasteiger partial charge in [0.1, 0.15) is 66.2 Å². The van der Waals surface area contributed by atoms with Gasteiger partial charge in [0.25, 0.3) is 0 Å². The number of carbonyl (C=O) groups excluding carboxylic acids is 13. The van der Waals surface area contributed by atoms with Crippen molar-refractivity contribution >= 4 is 107 Å². The summed E-state index contributed by atoms with van der Waals surface area (Å²) in [5.41, 5.74) is 22.4. The number of phenolic OH excluding ortho intramolecular Hbond substituents is 1. The first-order chi connectivity index (χ1) is 46.5.